The van der Waals surface area contributed by atoms with E-state index in [2.05, 4.69) is 20.2 Å². The minimum atomic E-state index is -0.493. The van der Waals surface area contributed by atoms with Gasteiger partial charge in [-0.3, -0.25) is 9.69 Å². The fourth-order valence-corrected chi connectivity index (χ4v) is 4.62. The van der Waals surface area contributed by atoms with Crippen LogP contribution in [-0.2, 0) is 9.53 Å². The number of benzene rings is 2. The van der Waals surface area contributed by atoms with Crippen molar-refractivity contribution >= 4 is 40.0 Å². The molecular weight excluding hydrogens is 487 g/mol. The molecule has 10 heteroatoms. The van der Waals surface area contributed by atoms with Gasteiger partial charge < -0.3 is 19.5 Å². The molecule has 1 saturated carbocycles. The van der Waals surface area contributed by atoms with Gasteiger partial charge in [0.2, 0.25) is 0 Å². The van der Waals surface area contributed by atoms with Crippen LogP contribution in [0.1, 0.15) is 37.7 Å². The monoisotopic (exact) mass is 514 g/mol. The molecule has 2 fully saturated rings. The Bertz CT molecular complexity index is 1290. The lowest BCUT2D eigenvalue weighted by Gasteiger charge is -2.30. The highest BCUT2D eigenvalue weighted by Gasteiger charge is 2.28. The number of nitrogens with one attached hydrogen (secondary N) is 1. The van der Waals surface area contributed by atoms with Crippen LogP contribution in [0.2, 0.25) is 5.02 Å². The van der Waals surface area contributed by atoms with Crippen molar-refractivity contribution in [1.82, 2.24) is 14.9 Å². The number of rotatable bonds is 9. The first-order valence-corrected chi connectivity index (χ1v) is 12.4. The number of aromatic nitrogens is 2. The van der Waals surface area contributed by atoms with Gasteiger partial charge in [0, 0.05) is 24.2 Å². The Kier molecular flexibility index (Phi) is 7.11. The zero-order chi connectivity index (χ0) is 25.2. The molecule has 0 spiro atoms. The van der Waals surface area contributed by atoms with Gasteiger partial charge in [0.15, 0.2) is 0 Å². The third-order valence-corrected chi connectivity index (χ3v) is 6.56. The number of halogens is 2. The van der Waals surface area contributed by atoms with Crippen molar-refractivity contribution < 1.29 is 23.4 Å². The molecule has 1 aliphatic heterocycles. The molecule has 5 rings (SSSR count). The van der Waals surface area contributed by atoms with Crippen LogP contribution in [0.3, 0.4) is 0 Å². The minimum absolute atomic E-state index is 0.0155. The van der Waals surface area contributed by atoms with Crippen molar-refractivity contribution in [3.8, 4) is 11.8 Å². The molecule has 0 amide bonds. The average Bonchev–Trinajstić information content (AvgIpc) is 3.68. The third kappa shape index (κ3) is 5.63. The smallest absolute Gasteiger partial charge is 0.320 e. The number of esters is 1. The molecule has 2 heterocycles. The van der Waals surface area contributed by atoms with Crippen LogP contribution < -0.4 is 14.8 Å². The van der Waals surface area contributed by atoms with Gasteiger partial charge in [-0.2, -0.15) is 9.97 Å². The van der Waals surface area contributed by atoms with Gasteiger partial charge >= 0.3 is 12.0 Å². The first-order chi connectivity index (χ1) is 17.4. The summed E-state index contributed by atoms with van der Waals surface area (Å²) in [6.07, 6.45) is 2.90. The summed E-state index contributed by atoms with van der Waals surface area (Å²) in [6.45, 7) is 4.22. The van der Waals surface area contributed by atoms with Gasteiger partial charge in [-0.15, -0.1) is 0 Å². The zero-order valence-electron chi connectivity index (χ0n) is 20.2. The van der Waals surface area contributed by atoms with Crippen LogP contribution in [0.5, 0.6) is 11.8 Å². The number of carbonyl (C=O) groups is 1. The fraction of sp³-hybridized carbons (Fsp3) is 0.423. The maximum atomic E-state index is 13.6. The number of fused-ring (bicyclic) bond motifs is 1. The maximum absolute atomic E-state index is 13.6. The second kappa shape index (κ2) is 10.4. The van der Waals surface area contributed by atoms with Crippen LogP contribution in [0.15, 0.2) is 30.3 Å². The van der Waals surface area contributed by atoms with E-state index in [-0.39, 0.29) is 23.1 Å². The molecule has 36 heavy (non-hydrogen) atoms. The lowest BCUT2D eigenvalue weighted by molar-refractivity contribution is -0.157. The Morgan fingerprint density at radius 3 is 2.81 bits per heavy atom. The van der Waals surface area contributed by atoms with E-state index in [0.29, 0.717) is 30.6 Å². The quantitative estimate of drug-likeness (QED) is 0.313. The lowest BCUT2D eigenvalue weighted by Crippen LogP contribution is -2.44. The largest absolute Gasteiger partial charge is 0.493 e. The molecule has 1 aliphatic carbocycles. The van der Waals surface area contributed by atoms with Crippen molar-refractivity contribution in [3.63, 3.8) is 0 Å². The summed E-state index contributed by atoms with van der Waals surface area (Å²) in [6, 6.07) is 8.61. The molecular formula is C26H28ClFN4O4. The predicted molar refractivity (Wildman–Crippen MR) is 135 cm³/mol. The van der Waals surface area contributed by atoms with E-state index in [1.807, 2.05) is 19.1 Å². The first kappa shape index (κ1) is 24.5. The van der Waals surface area contributed by atoms with Crippen LogP contribution in [0.25, 0.3) is 10.9 Å². The van der Waals surface area contributed by atoms with Gasteiger partial charge in [0.05, 0.1) is 30.8 Å². The highest BCUT2D eigenvalue weighted by Crippen LogP contribution is 2.46. The lowest BCUT2D eigenvalue weighted by atomic mass is 10.1. The number of hydrogen-bond acceptors (Lipinski definition) is 8. The molecule has 1 atom stereocenters. The first-order valence-electron chi connectivity index (χ1n) is 12.1. The summed E-state index contributed by atoms with van der Waals surface area (Å²) < 4.78 is 30.4. The molecule has 1 N–H and O–H groups in total. The summed E-state index contributed by atoms with van der Waals surface area (Å²) in [7, 11) is 1.52. The van der Waals surface area contributed by atoms with E-state index < -0.39 is 5.82 Å². The molecule has 0 bridgehead atoms. The van der Waals surface area contributed by atoms with Crippen molar-refractivity contribution in [2.45, 2.75) is 38.2 Å². The van der Waals surface area contributed by atoms with Crippen LogP contribution in [-0.4, -0.2) is 60.3 Å². The average molecular weight is 515 g/mol. The van der Waals surface area contributed by atoms with Gasteiger partial charge in [-0.05, 0) is 68.0 Å². The summed E-state index contributed by atoms with van der Waals surface area (Å²) in [5, 5.41) is 3.98. The number of ether oxygens (including phenoxy) is 3. The van der Waals surface area contributed by atoms with E-state index in [1.165, 1.54) is 19.2 Å². The topological polar surface area (TPSA) is 85.8 Å². The molecule has 2 aromatic carbocycles. The van der Waals surface area contributed by atoms with Crippen molar-refractivity contribution in [1.29, 1.82) is 0 Å². The summed E-state index contributed by atoms with van der Waals surface area (Å²) in [5.74, 6) is 1.07. The Labute approximate surface area is 213 Å². The molecule has 2 aliphatic rings. The Morgan fingerprint density at radius 1 is 1.25 bits per heavy atom. The van der Waals surface area contributed by atoms with E-state index in [9.17, 15) is 9.18 Å². The highest BCUT2D eigenvalue weighted by molar-refractivity contribution is 6.31. The fourth-order valence-electron chi connectivity index (χ4n) is 4.44. The van der Waals surface area contributed by atoms with Gasteiger partial charge in [0.1, 0.15) is 23.5 Å². The van der Waals surface area contributed by atoms with Gasteiger partial charge in [-0.25, -0.2) is 4.39 Å². The second-order valence-corrected chi connectivity index (χ2v) is 9.64. The minimum Gasteiger partial charge on any atom is -0.493 e. The highest BCUT2D eigenvalue weighted by atomic mass is 35.5. The van der Waals surface area contributed by atoms with E-state index in [0.717, 1.165) is 54.6 Å². The standard InChI is InChI=1S/C26H28ClFN4O4/c1-15-13-32(14-24(33)36-15)8-3-9-35-23-12-19-22(11-18(23)16-4-5-16)30-26(34-2)31-25(19)29-17-6-7-21(28)20(27)10-17/h6-7,10-12,15-16H,3-5,8-9,13-14H2,1-2H3,(H,29,30,31)/t15-/m0/s1. The van der Waals surface area contributed by atoms with Crippen molar-refractivity contribution in [2.75, 3.05) is 38.7 Å². The Morgan fingerprint density at radius 2 is 2.08 bits per heavy atom. The van der Waals surface area contributed by atoms with Crippen molar-refractivity contribution in [2.24, 2.45) is 0 Å². The number of methoxy groups -OCH3 is 1. The Hall–Kier alpha value is -3.17. The molecule has 0 radical (unpaired) electrons. The molecule has 1 aromatic heterocycles. The molecule has 190 valence electrons. The second-order valence-electron chi connectivity index (χ2n) is 9.23. The van der Waals surface area contributed by atoms with Crippen LogP contribution >= 0.6 is 11.6 Å². The van der Waals surface area contributed by atoms with Crippen LogP contribution in [0, 0.1) is 5.82 Å². The third-order valence-electron chi connectivity index (χ3n) is 6.27. The summed E-state index contributed by atoms with van der Waals surface area (Å²) >= 11 is 5.97. The van der Waals surface area contributed by atoms with Gasteiger partial charge in [0.25, 0.3) is 0 Å². The number of carbonyl (C=O) groups excluding carboxylic acids is 1. The van der Waals surface area contributed by atoms with Crippen LogP contribution in [0.4, 0.5) is 15.9 Å². The summed E-state index contributed by atoms with van der Waals surface area (Å²) in [5.41, 5.74) is 2.44. The molecule has 0 unspecified atom stereocenters. The number of anilines is 2. The normalized spacial score (nSPS) is 18.2. The molecule has 8 nitrogen and oxygen atoms in total. The number of nitrogens with zero attached hydrogens (tertiary/aromatic N) is 3. The maximum Gasteiger partial charge on any atom is 0.320 e. The molecule has 1 saturated heterocycles. The predicted octanol–water partition coefficient (Wildman–Crippen LogP) is 5.07. The number of morpholine rings is 1. The summed E-state index contributed by atoms with van der Waals surface area (Å²) in [4.78, 5) is 22.8. The van der Waals surface area contributed by atoms with E-state index >= 15 is 0 Å². The number of hydrogen-bond donors (Lipinski definition) is 1. The Balaban J connectivity index is 1.38. The van der Waals surface area contributed by atoms with Gasteiger partial charge in [-0.1, -0.05) is 11.6 Å². The number of cyclic esters (lactones) is 1. The van der Waals surface area contributed by atoms with E-state index in [4.69, 9.17) is 25.8 Å². The van der Waals surface area contributed by atoms with Crippen molar-refractivity contribution in [3.05, 3.63) is 46.7 Å². The molecule has 3 aromatic rings. The van der Waals surface area contributed by atoms with E-state index in [1.54, 1.807) is 6.07 Å². The SMILES string of the molecule is COc1nc(Nc2ccc(F)c(Cl)c2)c2cc(OCCCN3CC(=O)O[C@@H](C)C3)c(C3CC3)cc2n1. The zero-order valence-corrected chi connectivity index (χ0v) is 21.0.